The monoisotopic (exact) mass is 534 g/mol. The molecular weight excluding hydrogens is 500 g/mol. The van der Waals surface area contributed by atoms with Crippen LogP contribution in [-0.2, 0) is 17.9 Å². The van der Waals surface area contributed by atoms with Crippen LogP contribution in [-0.4, -0.2) is 47.4 Å². The highest BCUT2D eigenvalue weighted by Crippen LogP contribution is 2.24. The van der Waals surface area contributed by atoms with E-state index in [2.05, 4.69) is 20.9 Å². The highest BCUT2D eigenvalue weighted by molar-refractivity contribution is 5.97. The van der Waals surface area contributed by atoms with Crippen molar-refractivity contribution < 1.29 is 14.3 Å². The van der Waals surface area contributed by atoms with Crippen molar-refractivity contribution >= 4 is 29.2 Å². The lowest BCUT2D eigenvalue weighted by Gasteiger charge is -2.17. The van der Waals surface area contributed by atoms with Gasteiger partial charge in [-0.3, -0.25) is 24.4 Å². The van der Waals surface area contributed by atoms with Crippen molar-refractivity contribution in [2.45, 2.75) is 39.4 Å². The molecule has 2 amide bonds. The van der Waals surface area contributed by atoms with E-state index in [1.54, 1.807) is 43.4 Å². The number of hydrogen-bond acceptors (Lipinski definition) is 8. The minimum atomic E-state index is -0.512. The van der Waals surface area contributed by atoms with Crippen LogP contribution in [0.4, 0.5) is 11.5 Å². The zero-order valence-corrected chi connectivity index (χ0v) is 22.4. The van der Waals surface area contributed by atoms with Gasteiger partial charge in [0.25, 0.3) is 11.5 Å². The average Bonchev–Trinajstić information content (AvgIpc) is 2.92. The number of anilines is 2. The molecule has 0 radical (unpaired) electrons. The van der Waals surface area contributed by atoms with Crippen LogP contribution in [0.2, 0.25) is 0 Å². The number of ether oxygens (including phenoxy) is 1. The van der Waals surface area contributed by atoms with Crippen LogP contribution < -0.4 is 37.7 Å². The van der Waals surface area contributed by atoms with Gasteiger partial charge in [-0.05, 0) is 37.6 Å². The molecule has 0 bridgehead atoms. The van der Waals surface area contributed by atoms with Crippen molar-refractivity contribution in [3.8, 4) is 17.0 Å². The van der Waals surface area contributed by atoms with Gasteiger partial charge < -0.3 is 32.2 Å². The van der Waals surface area contributed by atoms with E-state index < -0.39 is 11.5 Å². The van der Waals surface area contributed by atoms with Crippen LogP contribution in [0.25, 0.3) is 11.3 Å². The van der Waals surface area contributed by atoms with E-state index in [0.717, 1.165) is 6.42 Å². The second-order valence-electron chi connectivity index (χ2n) is 8.98. The van der Waals surface area contributed by atoms with Gasteiger partial charge in [-0.25, -0.2) is 4.98 Å². The minimum absolute atomic E-state index is 0.0295. The molecule has 1 aromatic heterocycles. The van der Waals surface area contributed by atoms with Crippen LogP contribution in [0.15, 0.2) is 47.4 Å². The van der Waals surface area contributed by atoms with Crippen molar-refractivity contribution in [3.05, 3.63) is 69.6 Å². The van der Waals surface area contributed by atoms with Gasteiger partial charge in [-0.15, -0.1) is 0 Å². The Hall–Kier alpha value is -4.87. The van der Waals surface area contributed by atoms with Crippen LogP contribution in [0.1, 0.15) is 41.8 Å². The maximum atomic E-state index is 13.2. The fraction of sp³-hybridized carbons (Fsp3) is 0.296. The predicted molar refractivity (Wildman–Crippen MR) is 151 cm³/mol. The molecule has 0 unspecified atom stereocenters. The number of amidine groups is 1. The van der Waals surface area contributed by atoms with Gasteiger partial charge in [-0.1, -0.05) is 19.1 Å². The number of nitrogens with zero attached hydrogens (tertiary/aromatic N) is 2. The molecular formula is C27H34N8O4. The molecule has 0 spiro atoms. The number of rotatable bonds is 11. The van der Waals surface area contributed by atoms with E-state index in [1.165, 1.54) is 17.9 Å². The molecule has 12 nitrogen and oxygen atoms in total. The summed E-state index contributed by atoms with van der Waals surface area (Å²) in [5, 5.41) is 16.0. The summed E-state index contributed by atoms with van der Waals surface area (Å²) in [5.74, 6) is -0.315. The summed E-state index contributed by atoms with van der Waals surface area (Å²) in [5.41, 5.74) is 13.7. The van der Waals surface area contributed by atoms with Crippen molar-refractivity contribution in [2.75, 3.05) is 25.2 Å². The van der Waals surface area contributed by atoms with E-state index in [9.17, 15) is 14.4 Å². The summed E-state index contributed by atoms with van der Waals surface area (Å²) in [4.78, 5) is 43.1. The smallest absolute Gasteiger partial charge is 0.294 e. The standard InChI is InChI=1S/C27H34N8O4/c1-5-15(2)34-26(37)19-8-18(9-20(28)10-19)21-13-33-25(31-3)27(38)35(21)14-23(36)32-12-17-7-6-16(24(29)30)11-22(17)39-4/h6-11,13,15H,5,12,14,28H2,1-4H3,(H3,29,30)(H,31,33)(H,32,36)(H,34,37)/t15-/m1/s1. The van der Waals surface area contributed by atoms with Gasteiger partial charge in [0.2, 0.25) is 5.91 Å². The summed E-state index contributed by atoms with van der Waals surface area (Å²) in [6.07, 6.45) is 2.22. The van der Waals surface area contributed by atoms with Crippen LogP contribution in [0.3, 0.4) is 0 Å². The first-order valence-corrected chi connectivity index (χ1v) is 12.3. The first kappa shape index (κ1) is 28.7. The Morgan fingerprint density at radius 1 is 1.18 bits per heavy atom. The number of hydrogen-bond donors (Lipinski definition) is 6. The number of carbonyl (C=O) groups is 2. The molecule has 0 fully saturated rings. The number of aromatic nitrogens is 2. The molecule has 0 saturated heterocycles. The lowest BCUT2D eigenvalue weighted by atomic mass is 10.1. The van der Waals surface area contributed by atoms with Crippen LogP contribution in [0, 0.1) is 5.41 Å². The summed E-state index contributed by atoms with van der Waals surface area (Å²) in [6.45, 7) is 3.66. The first-order valence-electron chi connectivity index (χ1n) is 12.3. The average molecular weight is 535 g/mol. The number of amides is 2. The molecule has 0 saturated carbocycles. The van der Waals surface area contributed by atoms with E-state index in [-0.39, 0.29) is 36.7 Å². The third-order valence-corrected chi connectivity index (χ3v) is 6.17. The fourth-order valence-electron chi connectivity index (χ4n) is 3.84. The molecule has 0 aliphatic heterocycles. The van der Waals surface area contributed by atoms with Gasteiger partial charge >= 0.3 is 0 Å². The Bertz CT molecular complexity index is 1450. The fourth-order valence-corrected chi connectivity index (χ4v) is 3.84. The predicted octanol–water partition coefficient (Wildman–Crippen LogP) is 1.67. The third kappa shape index (κ3) is 6.92. The molecule has 3 rings (SSSR count). The number of nitrogens with one attached hydrogen (secondary N) is 4. The molecule has 1 atom stereocenters. The van der Waals surface area contributed by atoms with E-state index in [1.807, 2.05) is 13.8 Å². The molecule has 0 aliphatic rings. The molecule has 3 aromatic rings. The van der Waals surface area contributed by atoms with Gasteiger partial charge in [0.05, 0.1) is 19.0 Å². The molecule has 0 aliphatic carbocycles. The second-order valence-corrected chi connectivity index (χ2v) is 8.98. The first-order chi connectivity index (χ1) is 18.6. The van der Waals surface area contributed by atoms with Gasteiger partial charge in [0.1, 0.15) is 18.1 Å². The third-order valence-electron chi connectivity index (χ3n) is 6.17. The zero-order valence-electron chi connectivity index (χ0n) is 22.4. The van der Waals surface area contributed by atoms with Gasteiger partial charge in [0, 0.05) is 47.6 Å². The molecule has 206 valence electrons. The lowest BCUT2D eigenvalue weighted by molar-refractivity contribution is -0.121. The Balaban J connectivity index is 1.92. The Morgan fingerprint density at radius 2 is 1.92 bits per heavy atom. The highest BCUT2D eigenvalue weighted by atomic mass is 16.5. The van der Waals surface area contributed by atoms with Crippen LogP contribution >= 0.6 is 0 Å². The normalized spacial score (nSPS) is 11.4. The number of benzene rings is 2. The number of methoxy groups -OCH3 is 1. The maximum absolute atomic E-state index is 13.2. The lowest BCUT2D eigenvalue weighted by Crippen LogP contribution is -2.34. The molecule has 8 N–H and O–H groups in total. The Kier molecular flexibility index (Phi) is 9.26. The van der Waals surface area contributed by atoms with E-state index in [4.69, 9.17) is 21.6 Å². The summed E-state index contributed by atoms with van der Waals surface area (Å²) in [7, 11) is 3.04. The second kappa shape index (κ2) is 12.6. The quantitative estimate of drug-likeness (QED) is 0.122. The van der Waals surface area contributed by atoms with Crippen LogP contribution in [0.5, 0.6) is 5.75 Å². The van der Waals surface area contributed by atoms with Crippen molar-refractivity contribution in [1.82, 2.24) is 20.2 Å². The topological polar surface area (TPSA) is 190 Å². The minimum Gasteiger partial charge on any atom is -0.496 e. The van der Waals surface area contributed by atoms with Gasteiger partial charge in [-0.2, -0.15) is 0 Å². The summed E-state index contributed by atoms with van der Waals surface area (Å²) < 4.78 is 6.64. The van der Waals surface area contributed by atoms with E-state index in [0.29, 0.717) is 39.4 Å². The van der Waals surface area contributed by atoms with Gasteiger partial charge in [0.15, 0.2) is 5.82 Å². The largest absolute Gasteiger partial charge is 0.496 e. The highest BCUT2D eigenvalue weighted by Gasteiger charge is 2.18. The molecule has 12 heteroatoms. The number of carbonyl (C=O) groups excluding carboxylic acids is 2. The van der Waals surface area contributed by atoms with Crippen molar-refractivity contribution in [2.24, 2.45) is 5.73 Å². The van der Waals surface area contributed by atoms with Crippen molar-refractivity contribution in [3.63, 3.8) is 0 Å². The number of nitrogen functional groups attached to an aromatic ring is 2. The number of nitrogens with two attached hydrogens (primary N) is 2. The Labute approximate surface area is 226 Å². The maximum Gasteiger partial charge on any atom is 0.294 e. The Morgan fingerprint density at radius 3 is 2.56 bits per heavy atom. The molecule has 2 aromatic carbocycles. The molecule has 39 heavy (non-hydrogen) atoms. The van der Waals surface area contributed by atoms with Crippen molar-refractivity contribution in [1.29, 1.82) is 5.41 Å². The van der Waals surface area contributed by atoms with E-state index >= 15 is 0 Å². The zero-order chi connectivity index (χ0) is 28.7. The summed E-state index contributed by atoms with van der Waals surface area (Å²) in [6, 6.07) is 9.73. The SMILES string of the molecule is CC[C@@H](C)NC(=O)c1cc(N)cc(-c2cnc(NC)c(=O)n2CC(=O)NCc2ccc(C(=N)N)cc2OC)c1. The molecule has 1 heterocycles. The summed E-state index contributed by atoms with van der Waals surface area (Å²) >= 11 is 0.